The van der Waals surface area contributed by atoms with Crippen LogP contribution in [0.25, 0.3) is 0 Å². The smallest absolute Gasteiger partial charge is 0.306 e. The minimum atomic E-state index is -3.42. The number of hydrogen-bond donors (Lipinski definition) is 1. The molecule has 0 aromatic rings. The van der Waals surface area contributed by atoms with Crippen LogP contribution < -0.4 is 5.32 Å². The largest absolute Gasteiger partial charge is 0.469 e. The van der Waals surface area contributed by atoms with E-state index in [-0.39, 0.29) is 18.2 Å². The average molecular weight is 306 g/mol. The van der Waals surface area contributed by atoms with E-state index in [9.17, 15) is 13.2 Å². The molecule has 1 aliphatic heterocycles. The maximum absolute atomic E-state index is 12.4. The van der Waals surface area contributed by atoms with Crippen LogP contribution in [0.3, 0.4) is 0 Å². The average Bonchev–Trinajstić information content (AvgIpc) is 2.43. The highest BCUT2D eigenvalue weighted by Crippen LogP contribution is 2.17. The number of piperidine rings is 1. The molecule has 0 saturated carbocycles. The summed E-state index contributed by atoms with van der Waals surface area (Å²) in [5, 5.41) is 3.29. The highest BCUT2D eigenvalue weighted by atomic mass is 32.2. The van der Waals surface area contributed by atoms with Gasteiger partial charge in [-0.15, -0.1) is 0 Å². The van der Waals surface area contributed by atoms with E-state index in [0.717, 1.165) is 25.9 Å². The van der Waals surface area contributed by atoms with Gasteiger partial charge in [0, 0.05) is 12.6 Å². The molecule has 1 N–H and O–H groups in total. The lowest BCUT2D eigenvalue weighted by Crippen LogP contribution is -2.45. The first-order valence-electron chi connectivity index (χ1n) is 7.14. The van der Waals surface area contributed by atoms with Crippen LogP contribution in [0.2, 0.25) is 0 Å². The fourth-order valence-corrected chi connectivity index (χ4v) is 4.15. The summed E-state index contributed by atoms with van der Waals surface area (Å²) in [5.74, 6) is -0.325. The van der Waals surface area contributed by atoms with E-state index in [1.54, 1.807) is 0 Å². The van der Waals surface area contributed by atoms with Gasteiger partial charge in [0.15, 0.2) is 0 Å². The molecular weight excluding hydrogens is 280 g/mol. The van der Waals surface area contributed by atoms with Gasteiger partial charge in [-0.05, 0) is 45.7 Å². The van der Waals surface area contributed by atoms with Crippen LogP contribution in [0.4, 0.5) is 0 Å². The molecule has 1 aliphatic rings. The standard InChI is InChI=1S/C13H26N2O4S/c1-11(2)15(10-12-5-4-7-14-9-12)20(17,18)8-6-13(16)19-3/h11-12,14H,4-10H2,1-3H3. The van der Waals surface area contributed by atoms with Crippen molar-refractivity contribution in [3.8, 4) is 0 Å². The lowest BCUT2D eigenvalue weighted by Gasteiger charge is -2.32. The molecule has 1 atom stereocenters. The lowest BCUT2D eigenvalue weighted by molar-refractivity contribution is -0.140. The Bertz CT molecular complexity index is 403. The Morgan fingerprint density at radius 1 is 1.45 bits per heavy atom. The monoisotopic (exact) mass is 306 g/mol. The maximum Gasteiger partial charge on any atom is 0.306 e. The van der Waals surface area contributed by atoms with E-state index >= 15 is 0 Å². The van der Waals surface area contributed by atoms with Crippen molar-refractivity contribution in [3.05, 3.63) is 0 Å². The SMILES string of the molecule is COC(=O)CCS(=O)(=O)N(CC1CCCNC1)C(C)C. The minimum Gasteiger partial charge on any atom is -0.469 e. The summed E-state index contributed by atoms with van der Waals surface area (Å²) in [7, 11) is -2.15. The molecule has 1 saturated heterocycles. The molecule has 20 heavy (non-hydrogen) atoms. The summed E-state index contributed by atoms with van der Waals surface area (Å²) in [6.07, 6.45) is 2.03. The molecule has 1 fully saturated rings. The number of methoxy groups -OCH3 is 1. The molecule has 1 unspecified atom stereocenters. The Morgan fingerprint density at radius 3 is 2.65 bits per heavy atom. The summed E-state index contributed by atoms with van der Waals surface area (Å²) in [6.45, 7) is 6.12. The second kappa shape index (κ2) is 7.95. The van der Waals surface area contributed by atoms with E-state index in [1.165, 1.54) is 11.4 Å². The quantitative estimate of drug-likeness (QED) is 0.697. The van der Waals surface area contributed by atoms with Crippen molar-refractivity contribution in [3.63, 3.8) is 0 Å². The van der Waals surface area contributed by atoms with Gasteiger partial charge >= 0.3 is 5.97 Å². The summed E-state index contributed by atoms with van der Waals surface area (Å²) in [6, 6.07) is -0.0976. The van der Waals surface area contributed by atoms with Gasteiger partial charge < -0.3 is 10.1 Å². The van der Waals surface area contributed by atoms with Gasteiger partial charge in [0.25, 0.3) is 0 Å². The highest BCUT2D eigenvalue weighted by Gasteiger charge is 2.28. The molecule has 0 aliphatic carbocycles. The van der Waals surface area contributed by atoms with Crippen LogP contribution in [0.1, 0.15) is 33.1 Å². The second-order valence-corrected chi connectivity index (χ2v) is 7.56. The van der Waals surface area contributed by atoms with Crippen LogP contribution in [-0.2, 0) is 19.6 Å². The van der Waals surface area contributed by atoms with Crippen LogP contribution in [0.15, 0.2) is 0 Å². The van der Waals surface area contributed by atoms with Gasteiger partial charge in [-0.2, -0.15) is 4.31 Å². The number of ether oxygens (including phenoxy) is 1. The van der Waals surface area contributed by atoms with Crippen molar-refractivity contribution in [2.45, 2.75) is 39.2 Å². The lowest BCUT2D eigenvalue weighted by atomic mass is 9.99. The van der Waals surface area contributed by atoms with Gasteiger partial charge in [0.05, 0.1) is 19.3 Å². The molecule has 1 heterocycles. The number of nitrogens with one attached hydrogen (secondary N) is 1. The molecule has 0 aromatic carbocycles. The molecule has 6 nitrogen and oxygen atoms in total. The van der Waals surface area contributed by atoms with Crippen LogP contribution >= 0.6 is 0 Å². The zero-order valence-corrected chi connectivity index (χ0v) is 13.4. The van der Waals surface area contributed by atoms with Gasteiger partial charge in [-0.3, -0.25) is 4.79 Å². The van der Waals surface area contributed by atoms with Gasteiger partial charge in [-0.1, -0.05) is 0 Å². The van der Waals surface area contributed by atoms with Crippen LogP contribution in [0.5, 0.6) is 0 Å². The number of sulfonamides is 1. The predicted octanol–water partition coefficient (Wildman–Crippen LogP) is 0.589. The number of carbonyl (C=O) groups is 1. The fraction of sp³-hybridized carbons (Fsp3) is 0.923. The normalized spacial score (nSPS) is 20.4. The minimum absolute atomic E-state index is 0.0923. The number of nitrogens with zero attached hydrogens (tertiary/aromatic N) is 1. The molecule has 0 radical (unpaired) electrons. The molecular formula is C13H26N2O4S. The topological polar surface area (TPSA) is 75.7 Å². The number of carbonyl (C=O) groups excluding carboxylic acids is 1. The van der Waals surface area contributed by atoms with Crippen molar-refractivity contribution in [2.75, 3.05) is 32.5 Å². The zero-order valence-electron chi connectivity index (χ0n) is 12.6. The second-order valence-electron chi connectivity index (χ2n) is 5.52. The van der Waals surface area contributed by atoms with Crippen molar-refractivity contribution < 1.29 is 17.9 Å². The summed E-state index contributed by atoms with van der Waals surface area (Å²) >= 11 is 0. The number of rotatable bonds is 7. The Kier molecular flexibility index (Phi) is 6.91. The first-order valence-corrected chi connectivity index (χ1v) is 8.74. The molecule has 0 amide bonds. The predicted molar refractivity (Wildman–Crippen MR) is 77.9 cm³/mol. The van der Waals surface area contributed by atoms with Crippen molar-refractivity contribution in [1.82, 2.24) is 9.62 Å². The Hall–Kier alpha value is -0.660. The van der Waals surface area contributed by atoms with Gasteiger partial charge in [-0.25, -0.2) is 8.42 Å². The number of esters is 1. The van der Waals surface area contributed by atoms with Crippen LogP contribution in [0, 0.1) is 5.92 Å². The molecule has 7 heteroatoms. The first kappa shape index (κ1) is 17.4. The fourth-order valence-electron chi connectivity index (χ4n) is 2.41. The van der Waals surface area contributed by atoms with Gasteiger partial charge in [0.2, 0.25) is 10.0 Å². The zero-order chi connectivity index (χ0) is 15.2. The van der Waals surface area contributed by atoms with E-state index in [0.29, 0.717) is 12.5 Å². The third-order valence-corrected chi connectivity index (χ3v) is 5.57. The highest BCUT2D eigenvalue weighted by molar-refractivity contribution is 7.89. The maximum atomic E-state index is 12.4. The Morgan fingerprint density at radius 2 is 2.15 bits per heavy atom. The number of hydrogen-bond acceptors (Lipinski definition) is 5. The first-order chi connectivity index (χ1) is 9.36. The molecule has 1 rings (SSSR count). The van der Waals surface area contributed by atoms with Crippen LogP contribution in [-0.4, -0.2) is 57.2 Å². The molecule has 0 spiro atoms. The van der Waals surface area contributed by atoms with E-state index < -0.39 is 16.0 Å². The Balaban J connectivity index is 2.65. The van der Waals surface area contributed by atoms with E-state index in [1.807, 2.05) is 13.8 Å². The van der Waals surface area contributed by atoms with E-state index in [2.05, 4.69) is 10.1 Å². The third-order valence-electron chi connectivity index (χ3n) is 3.56. The van der Waals surface area contributed by atoms with Crippen molar-refractivity contribution >= 4 is 16.0 Å². The molecule has 0 bridgehead atoms. The molecule has 118 valence electrons. The van der Waals surface area contributed by atoms with Crippen molar-refractivity contribution in [2.24, 2.45) is 5.92 Å². The summed E-state index contributed by atoms with van der Waals surface area (Å²) in [5.41, 5.74) is 0. The van der Waals surface area contributed by atoms with E-state index in [4.69, 9.17) is 0 Å². The van der Waals surface area contributed by atoms with Gasteiger partial charge in [0.1, 0.15) is 0 Å². The van der Waals surface area contributed by atoms with Crippen molar-refractivity contribution in [1.29, 1.82) is 0 Å². The molecule has 0 aromatic heterocycles. The summed E-state index contributed by atoms with van der Waals surface area (Å²) < 4.78 is 30.8. The third kappa shape index (κ3) is 5.38. The Labute approximate surface area is 121 Å². The summed E-state index contributed by atoms with van der Waals surface area (Å²) in [4.78, 5) is 11.1.